The van der Waals surface area contributed by atoms with Crippen molar-refractivity contribution in [2.75, 3.05) is 31.5 Å². The van der Waals surface area contributed by atoms with Gasteiger partial charge in [0.15, 0.2) is 0 Å². The molecule has 128 valence electrons. The van der Waals surface area contributed by atoms with Gasteiger partial charge in [-0.25, -0.2) is 4.79 Å². The number of unbranched alkanes of at least 4 members (excludes halogenated alkanes) is 1. The van der Waals surface area contributed by atoms with Gasteiger partial charge in [-0.3, -0.25) is 4.90 Å². The van der Waals surface area contributed by atoms with Crippen molar-refractivity contribution in [2.45, 2.75) is 45.8 Å². The van der Waals surface area contributed by atoms with E-state index in [4.69, 9.17) is 4.74 Å². The van der Waals surface area contributed by atoms with E-state index in [2.05, 4.69) is 29.4 Å². The first-order valence-electron chi connectivity index (χ1n) is 8.52. The molecule has 1 heterocycles. The van der Waals surface area contributed by atoms with Gasteiger partial charge in [-0.05, 0) is 52.3 Å². The zero-order chi connectivity index (χ0) is 16.7. The maximum absolute atomic E-state index is 11.8. The molecule has 5 nitrogen and oxygen atoms in total. The number of aryl methyl sites for hydroxylation is 1. The van der Waals surface area contributed by atoms with Crippen LogP contribution in [0.15, 0.2) is 24.3 Å². The topological polar surface area (TPSA) is 53.6 Å². The smallest absolute Gasteiger partial charge is 0.319 e. The van der Waals surface area contributed by atoms with Crippen molar-refractivity contribution in [2.24, 2.45) is 0 Å². The first kappa shape index (κ1) is 17.8. The predicted octanol–water partition coefficient (Wildman–Crippen LogP) is 3.01. The molecule has 0 saturated carbocycles. The number of anilines is 1. The van der Waals surface area contributed by atoms with Crippen molar-refractivity contribution in [1.82, 2.24) is 10.2 Å². The van der Waals surface area contributed by atoms with Gasteiger partial charge >= 0.3 is 6.03 Å². The lowest BCUT2D eigenvalue weighted by Crippen LogP contribution is -2.45. The Hall–Kier alpha value is -1.59. The van der Waals surface area contributed by atoms with Crippen LogP contribution in [0.5, 0.6) is 0 Å². The van der Waals surface area contributed by atoms with E-state index in [1.54, 1.807) is 0 Å². The molecule has 2 atom stereocenters. The molecule has 5 heteroatoms. The van der Waals surface area contributed by atoms with Crippen LogP contribution in [-0.2, 0) is 4.74 Å². The highest BCUT2D eigenvalue weighted by atomic mass is 16.5. The SMILES string of the molecule is Cc1ccc(NC(=O)NCCCCN2C[C@H](C)O[C@@H](C)C2)cc1. The molecular formula is C18H29N3O2. The second-order valence-electron chi connectivity index (χ2n) is 6.47. The van der Waals surface area contributed by atoms with E-state index in [9.17, 15) is 4.79 Å². The highest BCUT2D eigenvalue weighted by molar-refractivity contribution is 5.89. The monoisotopic (exact) mass is 319 g/mol. The maximum Gasteiger partial charge on any atom is 0.319 e. The maximum atomic E-state index is 11.8. The number of ether oxygens (including phenoxy) is 1. The van der Waals surface area contributed by atoms with Gasteiger partial charge in [0.25, 0.3) is 0 Å². The van der Waals surface area contributed by atoms with Crippen LogP contribution in [0.3, 0.4) is 0 Å². The third-order valence-electron chi connectivity index (χ3n) is 3.99. The standard InChI is InChI=1S/C18H29N3O2/c1-14-6-8-17(9-7-14)20-18(22)19-10-4-5-11-21-12-15(2)23-16(3)13-21/h6-9,15-16H,4-5,10-13H2,1-3H3,(H2,19,20,22)/t15-,16-/m0/s1. The molecule has 1 aliphatic heterocycles. The van der Waals surface area contributed by atoms with Crippen molar-refractivity contribution in [1.29, 1.82) is 0 Å². The van der Waals surface area contributed by atoms with E-state index in [0.717, 1.165) is 38.2 Å². The average molecular weight is 319 g/mol. The zero-order valence-corrected chi connectivity index (χ0v) is 14.5. The minimum absolute atomic E-state index is 0.137. The van der Waals surface area contributed by atoms with E-state index >= 15 is 0 Å². The van der Waals surface area contributed by atoms with Crippen LogP contribution >= 0.6 is 0 Å². The highest BCUT2D eigenvalue weighted by Crippen LogP contribution is 2.11. The number of nitrogens with one attached hydrogen (secondary N) is 2. The minimum atomic E-state index is -0.137. The van der Waals surface area contributed by atoms with Crippen molar-refractivity contribution in [3.8, 4) is 0 Å². The molecule has 0 bridgehead atoms. The van der Waals surface area contributed by atoms with Gasteiger partial charge in [-0.1, -0.05) is 17.7 Å². The van der Waals surface area contributed by atoms with Crippen molar-refractivity contribution in [3.63, 3.8) is 0 Å². The summed E-state index contributed by atoms with van der Waals surface area (Å²) in [6.07, 6.45) is 2.71. The van der Waals surface area contributed by atoms with Crippen molar-refractivity contribution < 1.29 is 9.53 Å². The Morgan fingerprint density at radius 3 is 2.48 bits per heavy atom. The summed E-state index contributed by atoms with van der Waals surface area (Å²) in [7, 11) is 0. The number of amides is 2. The van der Waals surface area contributed by atoms with E-state index in [1.165, 1.54) is 5.56 Å². The van der Waals surface area contributed by atoms with Gasteiger partial charge in [0.05, 0.1) is 12.2 Å². The quantitative estimate of drug-likeness (QED) is 0.793. The Morgan fingerprint density at radius 1 is 1.17 bits per heavy atom. The van der Waals surface area contributed by atoms with Crippen LogP contribution in [0.2, 0.25) is 0 Å². The Balaban J connectivity index is 1.56. The number of carbonyl (C=O) groups is 1. The summed E-state index contributed by atoms with van der Waals surface area (Å²) < 4.78 is 5.73. The number of hydrogen-bond donors (Lipinski definition) is 2. The van der Waals surface area contributed by atoms with Crippen LogP contribution in [0.1, 0.15) is 32.3 Å². The summed E-state index contributed by atoms with van der Waals surface area (Å²) in [5.74, 6) is 0. The predicted molar refractivity (Wildman–Crippen MR) is 93.9 cm³/mol. The first-order chi connectivity index (χ1) is 11.0. The van der Waals surface area contributed by atoms with Gasteiger partial charge in [0, 0.05) is 25.3 Å². The molecule has 0 spiro atoms. The number of hydrogen-bond acceptors (Lipinski definition) is 3. The minimum Gasteiger partial charge on any atom is -0.373 e. The van der Waals surface area contributed by atoms with Crippen molar-refractivity contribution in [3.05, 3.63) is 29.8 Å². The third kappa shape index (κ3) is 6.59. The summed E-state index contributed by atoms with van der Waals surface area (Å²) in [6, 6.07) is 7.66. The van der Waals surface area contributed by atoms with Crippen LogP contribution in [0, 0.1) is 6.92 Å². The second kappa shape index (κ2) is 8.89. The summed E-state index contributed by atoms with van der Waals surface area (Å²) >= 11 is 0. The highest BCUT2D eigenvalue weighted by Gasteiger charge is 2.21. The molecule has 23 heavy (non-hydrogen) atoms. The fourth-order valence-corrected chi connectivity index (χ4v) is 2.94. The van der Waals surface area contributed by atoms with Gasteiger partial charge in [-0.15, -0.1) is 0 Å². The Kier molecular flexibility index (Phi) is 6.86. The molecule has 2 rings (SSSR count). The van der Waals surface area contributed by atoms with Crippen LogP contribution in [0.25, 0.3) is 0 Å². The average Bonchev–Trinajstić information content (AvgIpc) is 2.48. The summed E-state index contributed by atoms with van der Waals surface area (Å²) in [6.45, 7) is 10.1. The number of carbonyl (C=O) groups excluding carboxylic acids is 1. The molecule has 2 N–H and O–H groups in total. The molecule has 0 unspecified atom stereocenters. The Morgan fingerprint density at radius 2 is 1.83 bits per heavy atom. The molecule has 0 radical (unpaired) electrons. The summed E-state index contributed by atoms with van der Waals surface area (Å²) in [4.78, 5) is 14.2. The lowest BCUT2D eigenvalue weighted by atomic mass is 10.2. The zero-order valence-electron chi connectivity index (χ0n) is 14.5. The van der Waals surface area contributed by atoms with E-state index < -0.39 is 0 Å². The fraction of sp³-hybridized carbons (Fsp3) is 0.611. The molecule has 0 aromatic heterocycles. The largest absolute Gasteiger partial charge is 0.373 e. The lowest BCUT2D eigenvalue weighted by Gasteiger charge is -2.35. The molecular weight excluding hydrogens is 290 g/mol. The molecule has 2 amide bonds. The van der Waals surface area contributed by atoms with E-state index in [-0.39, 0.29) is 6.03 Å². The lowest BCUT2D eigenvalue weighted by molar-refractivity contribution is -0.0681. The molecule has 1 aromatic rings. The fourth-order valence-electron chi connectivity index (χ4n) is 2.94. The van der Waals surface area contributed by atoms with Crippen LogP contribution in [0.4, 0.5) is 10.5 Å². The Labute approximate surface area is 139 Å². The normalized spacial score (nSPS) is 21.9. The molecule has 1 saturated heterocycles. The number of urea groups is 1. The van der Waals surface area contributed by atoms with Gasteiger partial charge in [0.1, 0.15) is 0 Å². The second-order valence-corrected chi connectivity index (χ2v) is 6.47. The Bertz CT molecular complexity index is 480. The molecule has 1 aromatic carbocycles. The van der Waals surface area contributed by atoms with E-state index in [0.29, 0.717) is 18.8 Å². The number of benzene rings is 1. The molecule has 1 fully saturated rings. The number of rotatable bonds is 6. The van der Waals surface area contributed by atoms with Gasteiger partial charge in [-0.2, -0.15) is 0 Å². The molecule has 0 aliphatic carbocycles. The van der Waals surface area contributed by atoms with E-state index in [1.807, 2.05) is 31.2 Å². The van der Waals surface area contributed by atoms with Crippen LogP contribution < -0.4 is 10.6 Å². The van der Waals surface area contributed by atoms with Crippen LogP contribution in [-0.4, -0.2) is 49.3 Å². The summed E-state index contributed by atoms with van der Waals surface area (Å²) in [5, 5.41) is 5.75. The third-order valence-corrected chi connectivity index (χ3v) is 3.99. The van der Waals surface area contributed by atoms with Gasteiger partial charge < -0.3 is 15.4 Å². The molecule has 1 aliphatic rings. The number of morpholine rings is 1. The van der Waals surface area contributed by atoms with Crippen molar-refractivity contribution >= 4 is 11.7 Å². The number of nitrogens with zero attached hydrogens (tertiary/aromatic N) is 1. The van der Waals surface area contributed by atoms with Gasteiger partial charge in [0.2, 0.25) is 0 Å². The summed E-state index contributed by atoms with van der Waals surface area (Å²) in [5.41, 5.74) is 2.01. The first-order valence-corrected chi connectivity index (χ1v) is 8.52.